The Hall–Kier alpha value is -1.41. The van der Waals surface area contributed by atoms with Crippen LogP contribution in [0.25, 0.3) is 0 Å². The van der Waals surface area contributed by atoms with Crippen LogP contribution >= 0.6 is 0 Å². The highest BCUT2D eigenvalue weighted by atomic mass is 28.4. The van der Waals surface area contributed by atoms with Gasteiger partial charge in [0.1, 0.15) is 5.67 Å². The number of benzene rings is 1. The topological polar surface area (TPSA) is 68.8 Å². The summed E-state index contributed by atoms with van der Waals surface area (Å²) in [4.78, 5) is 12.0. The Bertz CT molecular complexity index is 432. The van der Waals surface area contributed by atoms with Gasteiger partial charge in [-0.1, -0.05) is 37.3 Å². The molecule has 0 heterocycles. The number of rotatable bonds is 9. The molecular weight excluding hydrogens is 300 g/mol. The lowest BCUT2D eigenvalue weighted by Crippen LogP contribution is -2.62. The molecule has 0 saturated carbocycles. The third-order valence-corrected chi connectivity index (χ3v) is 6.65. The molecule has 1 aromatic carbocycles. The number of carbonyl (C=O) groups is 1. The van der Waals surface area contributed by atoms with E-state index in [-0.39, 0.29) is 11.7 Å². The van der Waals surface area contributed by atoms with Crippen LogP contribution in [-0.4, -0.2) is 48.4 Å². The maximum Gasteiger partial charge on any atom is 0.523 e. The first-order valence-corrected chi connectivity index (χ1v) is 9.15. The first-order valence-electron chi connectivity index (χ1n) is 7.35. The molecule has 22 heavy (non-hydrogen) atoms. The predicted octanol–water partition coefficient (Wildman–Crippen LogP) is 1.72. The van der Waals surface area contributed by atoms with Crippen LogP contribution < -0.4 is 10.6 Å². The van der Waals surface area contributed by atoms with Crippen molar-refractivity contribution >= 4 is 14.8 Å². The molecule has 0 aliphatic rings. The Morgan fingerprint density at radius 1 is 1.14 bits per heavy atom. The van der Waals surface area contributed by atoms with Crippen LogP contribution in [0.1, 0.15) is 18.9 Å². The Labute approximate surface area is 133 Å². The van der Waals surface area contributed by atoms with Gasteiger partial charge in [-0.2, -0.15) is 0 Å². The number of hydrogen-bond acceptors (Lipinski definition) is 4. The third-order valence-electron chi connectivity index (χ3n) is 3.54. The summed E-state index contributed by atoms with van der Waals surface area (Å²) in [5.74, 6) is 0. The van der Waals surface area contributed by atoms with Crippen LogP contribution in [0.4, 0.5) is 4.79 Å². The fraction of sp³-hybridized carbons (Fsp3) is 0.533. The maximum atomic E-state index is 12.0. The van der Waals surface area contributed by atoms with Crippen molar-refractivity contribution in [3.05, 3.63) is 35.9 Å². The summed E-state index contributed by atoms with van der Waals surface area (Å²) in [5.41, 5.74) is 0.897. The average molecular weight is 326 g/mol. The Morgan fingerprint density at radius 3 is 2.23 bits per heavy atom. The van der Waals surface area contributed by atoms with Gasteiger partial charge in [0.05, 0.1) is 0 Å². The monoisotopic (exact) mass is 326 g/mol. The van der Waals surface area contributed by atoms with E-state index in [0.29, 0.717) is 13.0 Å². The molecule has 0 aromatic heterocycles. The molecule has 6 nitrogen and oxygen atoms in total. The molecule has 2 N–H and O–H groups in total. The molecule has 124 valence electrons. The van der Waals surface area contributed by atoms with Crippen LogP contribution in [0.2, 0.25) is 0 Å². The number of carbonyl (C=O) groups excluding carboxylic acids is 1. The minimum Gasteiger partial charge on any atom is -0.376 e. The van der Waals surface area contributed by atoms with E-state index in [4.69, 9.17) is 13.3 Å². The van der Waals surface area contributed by atoms with Gasteiger partial charge in [0.2, 0.25) is 0 Å². The standard InChI is InChI=1S/C15H26N2O4Si/c1-5-14(22(19-2,20-3)21-4)17-15(18)16-12-11-13-9-7-6-8-10-13/h6-10,14H,5,11-12H2,1-4H3,(H2,16,17,18)/t14-/m0/s1. The SMILES string of the molecule is CC[C@@H](NC(=O)NCCc1ccccc1)[Si](OC)(OC)OC. The van der Waals surface area contributed by atoms with E-state index in [9.17, 15) is 4.79 Å². The normalized spacial score (nSPS) is 12.7. The van der Waals surface area contributed by atoms with Gasteiger partial charge in [-0.3, -0.25) is 0 Å². The Morgan fingerprint density at radius 2 is 1.73 bits per heavy atom. The Kier molecular flexibility index (Phi) is 8.11. The van der Waals surface area contributed by atoms with Gasteiger partial charge in [0.25, 0.3) is 0 Å². The second kappa shape index (κ2) is 9.57. The summed E-state index contributed by atoms with van der Waals surface area (Å²) in [7, 11) is 1.73. The van der Waals surface area contributed by atoms with Crippen molar-refractivity contribution < 1.29 is 18.1 Å². The van der Waals surface area contributed by atoms with Crippen molar-refractivity contribution in [2.24, 2.45) is 0 Å². The van der Waals surface area contributed by atoms with Gasteiger partial charge >= 0.3 is 14.8 Å². The van der Waals surface area contributed by atoms with Gasteiger partial charge in [0.15, 0.2) is 0 Å². The lowest BCUT2D eigenvalue weighted by molar-refractivity contribution is 0.107. The van der Waals surface area contributed by atoms with Gasteiger partial charge in [0, 0.05) is 27.9 Å². The molecule has 0 saturated heterocycles. The van der Waals surface area contributed by atoms with E-state index < -0.39 is 8.80 Å². The first kappa shape index (κ1) is 18.6. The molecule has 0 bridgehead atoms. The highest BCUT2D eigenvalue weighted by molar-refractivity contribution is 6.62. The molecule has 2 amide bonds. The quantitative estimate of drug-likeness (QED) is 0.678. The molecule has 0 radical (unpaired) electrons. The van der Waals surface area contributed by atoms with Gasteiger partial charge in [-0.15, -0.1) is 0 Å². The number of amides is 2. The molecule has 0 aliphatic carbocycles. The minimum absolute atomic E-state index is 0.245. The third kappa shape index (κ3) is 5.10. The first-order chi connectivity index (χ1) is 10.6. The highest BCUT2D eigenvalue weighted by Gasteiger charge is 2.47. The van der Waals surface area contributed by atoms with Crippen LogP contribution in [-0.2, 0) is 19.7 Å². The summed E-state index contributed by atoms with van der Waals surface area (Å²) < 4.78 is 16.2. The van der Waals surface area contributed by atoms with Crippen molar-refractivity contribution in [1.82, 2.24) is 10.6 Å². The van der Waals surface area contributed by atoms with Crippen LogP contribution in [0, 0.1) is 0 Å². The van der Waals surface area contributed by atoms with E-state index in [1.165, 1.54) is 26.9 Å². The molecular formula is C15H26N2O4Si. The lowest BCUT2D eigenvalue weighted by atomic mass is 10.1. The van der Waals surface area contributed by atoms with Crippen molar-refractivity contribution in [3.63, 3.8) is 0 Å². The van der Waals surface area contributed by atoms with Gasteiger partial charge in [-0.25, -0.2) is 4.79 Å². The Balaban J connectivity index is 2.48. The van der Waals surface area contributed by atoms with Crippen LogP contribution in [0.3, 0.4) is 0 Å². The smallest absolute Gasteiger partial charge is 0.376 e. The van der Waals surface area contributed by atoms with Crippen LogP contribution in [0.15, 0.2) is 30.3 Å². The van der Waals surface area contributed by atoms with Crippen molar-refractivity contribution in [1.29, 1.82) is 0 Å². The minimum atomic E-state index is -2.88. The molecule has 7 heteroatoms. The summed E-state index contributed by atoms with van der Waals surface area (Å²) in [5, 5.41) is 5.73. The van der Waals surface area contributed by atoms with E-state index in [2.05, 4.69) is 10.6 Å². The van der Waals surface area contributed by atoms with E-state index >= 15 is 0 Å². The summed E-state index contributed by atoms with van der Waals surface area (Å²) in [6.45, 7) is 2.52. The average Bonchev–Trinajstić information content (AvgIpc) is 2.56. The summed E-state index contributed by atoms with van der Waals surface area (Å²) in [6, 6.07) is 9.77. The number of nitrogens with one attached hydrogen (secondary N) is 2. The van der Waals surface area contributed by atoms with Crippen LogP contribution in [0.5, 0.6) is 0 Å². The molecule has 0 aliphatic heterocycles. The molecule has 0 spiro atoms. The lowest BCUT2D eigenvalue weighted by Gasteiger charge is -2.32. The maximum absolute atomic E-state index is 12.0. The molecule has 0 unspecified atom stereocenters. The van der Waals surface area contributed by atoms with E-state index in [1.807, 2.05) is 37.3 Å². The van der Waals surface area contributed by atoms with Crippen molar-refractivity contribution in [2.45, 2.75) is 25.4 Å². The molecule has 1 rings (SSSR count). The van der Waals surface area contributed by atoms with E-state index in [0.717, 1.165) is 6.42 Å². The van der Waals surface area contributed by atoms with Gasteiger partial charge in [-0.05, 0) is 18.4 Å². The highest BCUT2D eigenvalue weighted by Crippen LogP contribution is 2.14. The zero-order valence-electron chi connectivity index (χ0n) is 13.7. The molecule has 1 aromatic rings. The second-order valence-corrected chi connectivity index (χ2v) is 7.94. The van der Waals surface area contributed by atoms with Crippen molar-refractivity contribution in [3.8, 4) is 0 Å². The summed E-state index contributed by atoms with van der Waals surface area (Å²) >= 11 is 0. The fourth-order valence-electron chi connectivity index (χ4n) is 2.29. The van der Waals surface area contributed by atoms with E-state index in [1.54, 1.807) is 0 Å². The fourth-order valence-corrected chi connectivity index (χ4v) is 4.45. The number of hydrogen-bond donors (Lipinski definition) is 2. The molecule has 0 fully saturated rings. The van der Waals surface area contributed by atoms with Gasteiger partial charge < -0.3 is 23.9 Å². The zero-order valence-corrected chi connectivity index (χ0v) is 14.7. The molecule has 1 atom stereocenters. The van der Waals surface area contributed by atoms with Crippen molar-refractivity contribution in [2.75, 3.05) is 27.9 Å². The largest absolute Gasteiger partial charge is 0.523 e. The second-order valence-electron chi connectivity index (χ2n) is 4.81. The zero-order chi connectivity index (χ0) is 16.4. The number of urea groups is 1. The predicted molar refractivity (Wildman–Crippen MR) is 87.5 cm³/mol. The summed E-state index contributed by atoms with van der Waals surface area (Å²) in [6.07, 6.45) is 1.44.